The van der Waals surface area contributed by atoms with Crippen molar-refractivity contribution < 1.29 is 9.18 Å². The molecule has 5 heteroatoms. The molecule has 1 aliphatic heterocycles. The molecule has 0 saturated carbocycles. The van der Waals surface area contributed by atoms with Gasteiger partial charge in [0.05, 0.1) is 11.6 Å². The largest absolute Gasteiger partial charge is 0.399 e. The molecular weight excluding hydrogens is 275 g/mol. The van der Waals surface area contributed by atoms with Gasteiger partial charge in [-0.3, -0.25) is 4.79 Å². The summed E-state index contributed by atoms with van der Waals surface area (Å²) >= 11 is 1.71. The number of anilines is 1. The predicted molar refractivity (Wildman–Crippen MR) is 78.3 cm³/mol. The smallest absolute Gasteiger partial charge is 0.257 e. The number of nitrogens with two attached hydrogens (primary N) is 1. The molecule has 3 nitrogen and oxygen atoms in total. The summed E-state index contributed by atoms with van der Waals surface area (Å²) in [5.74, 6) is -0.813. The third-order valence-corrected chi connectivity index (χ3v) is 4.76. The number of nitrogens with zero attached hydrogens (tertiary/aromatic N) is 1. The summed E-state index contributed by atoms with van der Waals surface area (Å²) in [5, 5.41) is 2.04. The van der Waals surface area contributed by atoms with Crippen LogP contribution in [0, 0.1) is 5.82 Å². The fraction of sp³-hybridized carbons (Fsp3) is 0.267. The topological polar surface area (TPSA) is 46.3 Å². The Morgan fingerprint density at radius 1 is 1.45 bits per heavy atom. The maximum absolute atomic E-state index is 13.8. The monoisotopic (exact) mass is 290 g/mol. The summed E-state index contributed by atoms with van der Waals surface area (Å²) in [5.41, 5.74) is 7.27. The van der Waals surface area contributed by atoms with Crippen LogP contribution in [0.3, 0.4) is 0 Å². The van der Waals surface area contributed by atoms with E-state index in [4.69, 9.17) is 5.73 Å². The van der Waals surface area contributed by atoms with Crippen LogP contribution < -0.4 is 5.73 Å². The van der Waals surface area contributed by atoms with Crippen LogP contribution in [0.15, 0.2) is 29.6 Å². The van der Waals surface area contributed by atoms with Crippen LogP contribution >= 0.6 is 11.3 Å². The van der Waals surface area contributed by atoms with E-state index in [9.17, 15) is 9.18 Å². The Labute approximate surface area is 120 Å². The Kier molecular flexibility index (Phi) is 3.22. The van der Waals surface area contributed by atoms with Crippen LogP contribution in [0.2, 0.25) is 0 Å². The van der Waals surface area contributed by atoms with Crippen molar-refractivity contribution >= 4 is 22.9 Å². The van der Waals surface area contributed by atoms with Gasteiger partial charge in [-0.2, -0.15) is 0 Å². The lowest BCUT2D eigenvalue weighted by Crippen LogP contribution is -2.38. The van der Waals surface area contributed by atoms with Crippen molar-refractivity contribution in [3.05, 3.63) is 51.5 Å². The second-order valence-corrected chi connectivity index (χ2v) is 5.96. The second-order valence-electron chi connectivity index (χ2n) is 4.96. The highest BCUT2D eigenvalue weighted by atomic mass is 32.1. The molecule has 2 heterocycles. The predicted octanol–water partition coefficient (Wildman–Crippen LogP) is 3.23. The second kappa shape index (κ2) is 4.90. The molecule has 0 fully saturated rings. The molecule has 1 atom stereocenters. The van der Waals surface area contributed by atoms with Crippen molar-refractivity contribution in [2.75, 3.05) is 12.3 Å². The third kappa shape index (κ3) is 2.08. The number of fused-ring (bicyclic) bond motifs is 1. The standard InChI is InChI=1S/C15H15FN2OS/c1-9-11-5-7-20-14(11)4-6-18(9)15(19)12-8-10(17)2-3-13(12)16/h2-3,5,7-9H,4,6,17H2,1H3. The molecule has 1 unspecified atom stereocenters. The average Bonchev–Trinajstić information content (AvgIpc) is 2.90. The first-order chi connectivity index (χ1) is 9.58. The molecule has 1 amide bonds. The van der Waals surface area contributed by atoms with E-state index in [2.05, 4.69) is 0 Å². The van der Waals surface area contributed by atoms with Gasteiger partial charge in [-0.15, -0.1) is 11.3 Å². The van der Waals surface area contributed by atoms with E-state index in [0.29, 0.717) is 12.2 Å². The number of amides is 1. The maximum Gasteiger partial charge on any atom is 0.257 e. The minimum absolute atomic E-state index is 0.0293. The Morgan fingerprint density at radius 3 is 3.05 bits per heavy atom. The van der Waals surface area contributed by atoms with E-state index in [-0.39, 0.29) is 17.5 Å². The molecular formula is C15H15FN2OS. The van der Waals surface area contributed by atoms with Crippen molar-refractivity contribution in [3.63, 3.8) is 0 Å². The summed E-state index contributed by atoms with van der Waals surface area (Å²) in [4.78, 5) is 15.6. The summed E-state index contributed by atoms with van der Waals surface area (Å²) < 4.78 is 13.8. The van der Waals surface area contributed by atoms with Crippen molar-refractivity contribution in [1.29, 1.82) is 0 Å². The van der Waals surface area contributed by atoms with Crippen molar-refractivity contribution in [2.45, 2.75) is 19.4 Å². The van der Waals surface area contributed by atoms with Crippen LogP contribution in [0.4, 0.5) is 10.1 Å². The van der Waals surface area contributed by atoms with Crippen LogP contribution in [-0.2, 0) is 6.42 Å². The normalized spacial score (nSPS) is 17.9. The zero-order valence-corrected chi connectivity index (χ0v) is 11.9. The molecule has 0 bridgehead atoms. The number of nitrogen functional groups attached to an aromatic ring is 1. The Bertz CT molecular complexity index is 668. The van der Waals surface area contributed by atoms with E-state index < -0.39 is 5.82 Å². The lowest BCUT2D eigenvalue weighted by molar-refractivity contribution is 0.0674. The minimum atomic E-state index is -0.521. The van der Waals surface area contributed by atoms with Crippen molar-refractivity contribution in [1.82, 2.24) is 4.90 Å². The number of halogens is 1. The summed E-state index contributed by atoms with van der Waals surface area (Å²) in [7, 11) is 0. The molecule has 0 saturated heterocycles. The number of benzene rings is 1. The molecule has 0 spiro atoms. The minimum Gasteiger partial charge on any atom is -0.399 e. The van der Waals surface area contributed by atoms with Crippen molar-refractivity contribution in [2.24, 2.45) is 0 Å². The molecule has 0 aliphatic carbocycles. The van der Waals surface area contributed by atoms with E-state index in [1.165, 1.54) is 28.6 Å². The molecule has 2 aromatic rings. The molecule has 104 valence electrons. The highest BCUT2D eigenvalue weighted by Crippen LogP contribution is 2.34. The van der Waals surface area contributed by atoms with E-state index in [0.717, 1.165) is 6.42 Å². The van der Waals surface area contributed by atoms with Gasteiger partial charge in [0.25, 0.3) is 5.91 Å². The summed E-state index contributed by atoms with van der Waals surface area (Å²) in [6.45, 7) is 2.59. The summed E-state index contributed by atoms with van der Waals surface area (Å²) in [6, 6.07) is 6.13. The third-order valence-electron chi connectivity index (χ3n) is 3.76. The van der Waals surface area contributed by atoms with Gasteiger partial charge in [-0.25, -0.2) is 4.39 Å². The molecule has 1 aromatic carbocycles. The van der Waals surface area contributed by atoms with Gasteiger partial charge >= 0.3 is 0 Å². The lowest BCUT2D eigenvalue weighted by atomic mass is 10.00. The lowest BCUT2D eigenvalue weighted by Gasteiger charge is -2.33. The van der Waals surface area contributed by atoms with E-state index >= 15 is 0 Å². The number of thiophene rings is 1. The number of rotatable bonds is 1. The number of hydrogen-bond acceptors (Lipinski definition) is 3. The zero-order chi connectivity index (χ0) is 14.3. The van der Waals surface area contributed by atoms with Gasteiger partial charge < -0.3 is 10.6 Å². The molecule has 2 N–H and O–H groups in total. The Hall–Kier alpha value is -1.88. The van der Waals surface area contributed by atoms with Gasteiger partial charge in [0, 0.05) is 17.1 Å². The number of carbonyl (C=O) groups excluding carboxylic acids is 1. The van der Waals surface area contributed by atoms with Crippen LogP contribution in [-0.4, -0.2) is 17.4 Å². The van der Waals surface area contributed by atoms with Gasteiger partial charge in [-0.1, -0.05) is 0 Å². The first kappa shape index (κ1) is 13.1. The fourth-order valence-electron chi connectivity index (χ4n) is 2.65. The van der Waals surface area contributed by atoms with Crippen LogP contribution in [0.5, 0.6) is 0 Å². The van der Waals surface area contributed by atoms with Gasteiger partial charge in [-0.05, 0) is 48.6 Å². The van der Waals surface area contributed by atoms with Gasteiger partial charge in [0.1, 0.15) is 5.82 Å². The number of carbonyl (C=O) groups is 1. The quantitative estimate of drug-likeness (QED) is 0.820. The first-order valence-electron chi connectivity index (χ1n) is 6.50. The van der Waals surface area contributed by atoms with E-state index in [1.807, 2.05) is 18.4 Å². The SMILES string of the molecule is CC1c2ccsc2CCN1C(=O)c1cc(N)ccc1F. The maximum atomic E-state index is 13.8. The Balaban J connectivity index is 1.94. The molecule has 20 heavy (non-hydrogen) atoms. The highest BCUT2D eigenvalue weighted by molar-refractivity contribution is 7.10. The molecule has 3 rings (SSSR count). The average molecular weight is 290 g/mol. The van der Waals surface area contributed by atoms with Gasteiger partial charge in [0.2, 0.25) is 0 Å². The van der Waals surface area contributed by atoms with Crippen LogP contribution in [0.25, 0.3) is 0 Å². The molecule has 1 aromatic heterocycles. The van der Waals surface area contributed by atoms with Crippen LogP contribution in [0.1, 0.15) is 33.8 Å². The fourth-order valence-corrected chi connectivity index (χ4v) is 3.61. The van der Waals surface area contributed by atoms with Crippen molar-refractivity contribution in [3.8, 4) is 0 Å². The summed E-state index contributed by atoms with van der Waals surface area (Å²) in [6.07, 6.45) is 0.826. The first-order valence-corrected chi connectivity index (χ1v) is 7.38. The molecule has 1 aliphatic rings. The zero-order valence-electron chi connectivity index (χ0n) is 11.1. The molecule has 0 radical (unpaired) electrons. The highest BCUT2D eigenvalue weighted by Gasteiger charge is 2.30. The van der Waals surface area contributed by atoms with E-state index in [1.54, 1.807) is 16.2 Å². The van der Waals surface area contributed by atoms with Gasteiger partial charge in [0.15, 0.2) is 0 Å². The number of hydrogen-bond donors (Lipinski definition) is 1. The Morgan fingerprint density at radius 2 is 2.25 bits per heavy atom.